The van der Waals surface area contributed by atoms with Gasteiger partial charge in [0.1, 0.15) is 12.4 Å². The molecular weight excluding hydrogens is 463 g/mol. The number of nitrogens with one attached hydrogen (secondary N) is 2. The molecule has 152 valence electrons. The zero-order valence-electron chi connectivity index (χ0n) is 16.6. The van der Waals surface area contributed by atoms with E-state index in [1.807, 2.05) is 30.3 Å². The number of guanidine groups is 1. The third-order valence-corrected chi connectivity index (χ3v) is 4.75. The van der Waals surface area contributed by atoms with Crippen LogP contribution in [-0.2, 0) is 13.2 Å². The molecule has 1 saturated carbocycles. The number of hydrogen-bond acceptors (Lipinski definition) is 3. The van der Waals surface area contributed by atoms with Gasteiger partial charge in [0.2, 0.25) is 0 Å². The predicted molar refractivity (Wildman–Crippen MR) is 125 cm³/mol. The Morgan fingerprint density at radius 1 is 1.11 bits per heavy atom. The molecule has 2 aromatic rings. The Morgan fingerprint density at radius 3 is 2.57 bits per heavy atom. The van der Waals surface area contributed by atoms with Crippen molar-refractivity contribution in [2.24, 2.45) is 4.99 Å². The van der Waals surface area contributed by atoms with E-state index in [4.69, 9.17) is 9.73 Å². The van der Waals surface area contributed by atoms with E-state index in [0.717, 1.165) is 23.9 Å². The van der Waals surface area contributed by atoms with Crippen LogP contribution in [0.25, 0.3) is 0 Å². The molecule has 0 bridgehead atoms. The van der Waals surface area contributed by atoms with Crippen molar-refractivity contribution in [3.8, 4) is 5.75 Å². The molecule has 0 spiro atoms. The number of nitrogens with zero attached hydrogens (tertiary/aromatic N) is 2. The van der Waals surface area contributed by atoms with Crippen molar-refractivity contribution in [1.29, 1.82) is 0 Å². The number of benzene rings is 1. The van der Waals surface area contributed by atoms with Crippen LogP contribution in [0.4, 0.5) is 0 Å². The highest BCUT2D eigenvalue weighted by Crippen LogP contribution is 2.17. The Morgan fingerprint density at radius 2 is 1.89 bits per heavy atom. The van der Waals surface area contributed by atoms with E-state index < -0.39 is 0 Å². The molecule has 1 aromatic carbocycles. The first-order chi connectivity index (χ1) is 13.3. The number of ether oxygens (including phenoxy) is 1. The average molecular weight is 494 g/mol. The van der Waals surface area contributed by atoms with Gasteiger partial charge in [-0.05, 0) is 49.6 Å². The lowest BCUT2D eigenvalue weighted by molar-refractivity contribution is 0.301. The van der Waals surface area contributed by atoms with Crippen molar-refractivity contribution < 1.29 is 4.74 Å². The van der Waals surface area contributed by atoms with Gasteiger partial charge in [-0.15, -0.1) is 24.0 Å². The minimum absolute atomic E-state index is 0. The zero-order chi connectivity index (χ0) is 18.7. The normalized spacial score (nSPS) is 14.8. The Labute approximate surface area is 185 Å². The van der Waals surface area contributed by atoms with Gasteiger partial charge in [0.25, 0.3) is 0 Å². The van der Waals surface area contributed by atoms with Gasteiger partial charge in [-0.1, -0.05) is 37.5 Å². The van der Waals surface area contributed by atoms with E-state index in [2.05, 4.69) is 34.7 Å². The molecule has 1 aromatic heterocycles. The lowest BCUT2D eigenvalue weighted by atomic mass is 9.96. The SMILES string of the molecule is CCNC(=NCc1ccc(OCc2ccccn2)cc1)NC1CCCCC1.I. The van der Waals surface area contributed by atoms with Crippen molar-refractivity contribution in [2.75, 3.05) is 6.54 Å². The van der Waals surface area contributed by atoms with E-state index in [1.165, 1.54) is 37.7 Å². The molecule has 3 rings (SSSR count). The molecule has 2 N–H and O–H groups in total. The number of aromatic nitrogens is 1. The van der Waals surface area contributed by atoms with Crippen molar-refractivity contribution in [2.45, 2.75) is 58.2 Å². The molecule has 1 fully saturated rings. The van der Waals surface area contributed by atoms with Crippen molar-refractivity contribution in [1.82, 2.24) is 15.6 Å². The van der Waals surface area contributed by atoms with Crippen LogP contribution < -0.4 is 15.4 Å². The molecule has 6 heteroatoms. The molecule has 0 radical (unpaired) electrons. The molecule has 28 heavy (non-hydrogen) atoms. The largest absolute Gasteiger partial charge is 0.487 e. The summed E-state index contributed by atoms with van der Waals surface area (Å²) >= 11 is 0. The van der Waals surface area contributed by atoms with Gasteiger partial charge in [-0.3, -0.25) is 4.98 Å². The van der Waals surface area contributed by atoms with Crippen LogP contribution >= 0.6 is 24.0 Å². The lowest BCUT2D eigenvalue weighted by Gasteiger charge is -2.24. The molecule has 0 atom stereocenters. The Balaban J connectivity index is 0.00000280. The van der Waals surface area contributed by atoms with Crippen LogP contribution in [0.2, 0.25) is 0 Å². The summed E-state index contributed by atoms with van der Waals surface area (Å²) < 4.78 is 5.79. The monoisotopic (exact) mass is 494 g/mol. The summed E-state index contributed by atoms with van der Waals surface area (Å²) in [6.07, 6.45) is 8.26. The number of rotatable bonds is 7. The Bertz CT molecular complexity index is 700. The fraction of sp³-hybridized carbons (Fsp3) is 0.455. The van der Waals surface area contributed by atoms with E-state index in [1.54, 1.807) is 6.20 Å². The quantitative estimate of drug-likeness (QED) is 0.334. The van der Waals surface area contributed by atoms with Gasteiger partial charge in [-0.25, -0.2) is 4.99 Å². The molecule has 1 aliphatic rings. The first kappa shape index (κ1) is 22.5. The van der Waals surface area contributed by atoms with Gasteiger partial charge in [-0.2, -0.15) is 0 Å². The number of pyridine rings is 1. The summed E-state index contributed by atoms with van der Waals surface area (Å²) in [7, 11) is 0. The van der Waals surface area contributed by atoms with Crippen LogP contribution in [0.3, 0.4) is 0 Å². The van der Waals surface area contributed by atoms with Gasteiger partial charge >= 0.3 is 0 Å². The van der Waals surface area contributed by atoms with Crippen LogP contribution in [0.15, 0.2) is 53.7 Å². The molecule has 1 aliphatic carbocycles. The fourth-order valence-corrected chi connectivity index (χ4v) is 3.26. The maximum absolute atomic E-state index is 5.79. The second-order valence-electron chi connectivity index (χ2n) is 6.93. The highest BCUT2D eigenvalue weighted by Gasteiger charge is 2.14. The molecular formula is C22H31IN4O. The van der Waals surface area contributed by atoms with Crippen molar-refractivity contribution >= 4 is 29.9 Å². The van der Waals surface area contributed by atoms with E-state index in [-0.39, 0.29) is 24.0 Å². The third-order valence-electron chi connectivity index (χ3n) is 4.75. The first-order valence-corrected chi connectivity index (χ1v) is 10.00. The molecule has 0 aliphatic heterocycles. The second-order valence-corrected chi connectivity index (χ2v) is 6.93. The summed E-state index contributed by atoms with van der Waals surface area (Å²) in [6, 6.07) is 14.5. The van der Waals surface area contributed by atoms with E-state index >= 15 is 0 Å². The maximum Gasteiger partial charge on any atom is 0.191 e. The highest BCUT2D eigenvalue weighted by molar-refractivity contribution is 14.0. The average Bonchev–Trinajstić information content (AvgIpc) is 2.73. The lowest BCUT2D eigenvalue weighted by Crippen LogP contribution is -2.44. The highest BCUT2D eigenvalue weighted by atomic mass is 127. The second kappa shape index (κ2) is 12.6. The summed E-state index contributed by atoms with van der Waals surface area (Å²) in [4.78, 5) is 9.01. The minimum atomic E-state index is 0. The predicted octanol–water partition coefficient (Wildman–Crippen LogP) is 4.67. The summed E-state index contributed by atoms with van der Waals surface area (Å²) in [5.74, 6) is 1.76. The van der Waals surface area contributed by atoms with Gasteiger partial charge in [0.15, 0.2) is 5.96 Å². The van der Waals surface area contributed by atoms with Gasteiger partial charge in [0, 0.05) is 18.8 Å². The summed E-state index contributed by atoms with van der Waals surface area (Å²) in [6.45, 7) is 4.11. The van der Waals surface area contributed by atoms with Crippen molar-refractivity contribution in [3.63, 3.8) is 0 Å². The van der Waals surface area contributed by atoms with Gasteiger partial charge in [0.05, 0.1) is 12.2 Å². The first-order valence-electron chi connectivity index (χ1n) is 10.00. The number of aliphatic imine (C=N–C) groups is 1. The van der Waals surface area contributed by atoms with Crippen LogP contribution in [0.5, 0.6) is 5.75 Å². The molecule has 0 amide bonds. The zero-order valence-corrected chi connectivity index (χ0v) is 18.9. The van der Waals surface area contributed by atoms with Crippen LogP contribution in [0.1, 0.15) is 50.3 Å². The van der Waals surface area contributed by atoms with E-state index in [0.29, 0.717) is 19.2 Å². The van der Waals surface area contributed by atoms with E-state index in [9.17, 15) is 0 Å². The number of hydrogen-bond donors (Lipinski definition) is 2. The topological polar surface area (TPSA) is 58.5 Å². The Kier molecular flexibility index (Phi) is 10.1. The third kappa shape index (κ3) is 7.66. The Hall–Kier alpha value is -1.83. The smallest absolute Gasteiger partial charge is 0.191 e. The fourth-order valence-electron chi connectivity index (χ4n) is 3.26. The maximum atomic E-state index is 5.79. The molecule has 0 unspecified atom stereocenters. The number of halogens is 1. The van der Waals surface area contributed by atoms with Gasteiger partial charge < -0.3 is 15.4 Å². The molecule has 5 nitrogen and oxygen atoms in total. The molecule has 0 saturated heterocycles. The minimum Gasteiger partial charge on any atom is -0.487 e. The standard InChI is InChI=1S/C22H30N4O.HI/c1-2-23-22(26-19-8-4-3-5-9-19)25-16-18-11-13-21(14-12-18)27-17-20-10-6-7-15-24-20;/h6-7,10-15,19H,2-5,8-9,16-17H2,1H3,(H2,23,25,26);1H. The van der Waals surface area contributed by atoms with Crippen molar-refractivity contribution in [3.05, 3.63) is 59.9 Å². The molecule has 1 heterocycles. The summed E-state index contributed by atoms with van der Waals surface area (Å²) in [5, 5.41) is 6.94. The van der Waals surface area contributed by atoms with Crippen LogP contribution in [0, 0.1) is 0 Å². The summed E-state index contributed by atoms with van der Waals surface area (Å²) in [5.41, 5.74) is 2.09. The van der Waals surface area contributed by atoms with Crippen LogP contribution in [-0.4, -0.2) is 23.5 Å².